The van der Waals surface area contributed by atoms with Crippen LogP contribution < -0.4 is 20.1 Å². The van der Waals surface area contributed by atoms with Gasteiger partial charge < -0.3 is 19.2 Å². The van der Waals surface area contributed by atoms with Crippen LogP contribution in [0.5, 0.6) is 11.9 Å². The van der Waals surface area contributed by atoms with E-state index in [4.69, 9.17) is 13.9 Å². The third-order valence-electron chi connectivity index (χ3n) is 3.44. The Morgan fingerprint density at radius 3 is 2.65 bits per heavy atom. The number of amides is 3. The lowest BCUT2D eigenvalue weighted by Crippen LogP contribution is -2.37. The van der Waals surface area contributed by atoms with E-state index in [1.807, 2.05) is 0 Å². The van der Waals surface area contributed by atoms with Gasteiger partial charge in [-0.3, -0.25) is 10.1 Å². The van der Waals surface area contributed by atoms with Gasteiger partial charge in [-0.2, -0.15) is 4.98 Å². The number of hydrogen-bond acceptors (Lipinski definition) is 8. The van der Waals surface area contributed by atoms with Crippen LogP contribution in [0.15, 0.2) is 28.8 Å². The first-order chi connectivity index (χ1) is 12.5. The molecule has 0 aliphatic carbocycles. The second kappa shape index (κ2) is 7.05. The lowest BCUT2D eigenvalue weighted by molar-refractivity contribution is 0.0939. The molecule has 0 atom stereocenters. The fourth-order valence-electron chi connectivity index (χ4n) is 2.19. The van der Waals surface area contributed by atoms with Gasteiger partial charge in [0.05, 0.1) is 25.5 Å². The van der Waals surface area contributed by atoms with Crippen molar-refractivity contribution in [3.8, 4) is 23.1 Å². The number of carbonyl (C=O) groups is 2. The molecule has 0 saturated heterocycles. The van der Waals surface area contributed by atoms with Crippen LogP contribution in [0.3, 0.4) is 0 Å². The number of rotatable bonds is 4. The number of urea groups is 1. The number of methoxy groups -OCH3 is 2. The van der Waals surface area contributed by atoms with Gasteiger partial charge in [-0.1, -0.05) is 0 Å². The molecule has 0 bridgehead atoms. The fraction of sp³-hybridized carbons (Fsp3) is 0.188. The summed E-state index contributed by atoms with van der Waals surface area (Å²) in [6.45, 7) is 0. The summed E-state index contributed by atoms with van der Waals surface area (Å²) in [5.41, 5.74) is 1.90. The number of aromatic nitrogens is 3. The van der Waals surface area contributed by atoms with Crippen molar-refractivity contribution in [2.45, 2.75) is 0 Å². The molecule has 10 heteroatoms. The molecule has 3 rings (SSSR count). The lowest BCUT2D eigenvalue weighted by Gasteiger charge is -2.07. The molecule has 0 spiro atoms. The largest absolute Gasteiger partial charge is 0.480 e. The molecule has 3 aromatic heterocycles. The predicted octanol–water partition coefficient (Wildman–Crippen LogP) is 1.37. The summed E-state index contributed by atoms with van der Waals surface area (Å²) < 4.78 is 15.6. The maximum absolute atomic E-state index is 12.0. The van der Waals surface area contributed by atoms with Gasteiger partial charge in [-0.25, -0.2) is 14.8 Å². The molecule has 0 radical (unpaired) electrons. The van der Waals surface area contributed by atoms with E-state index >= 15 is 0 Å². The standard InChI is InChI=1S/C16H15N5O5/c1-17-15(23)20-13(22)12-6-10-11(26-12)5-4-9(19-10)8-7-18-16(25-3)21-14(8)24-2/h4-7H,1-3H3,(H2,17,20,22,23). The normalized spacial score (nSPS) is 10.4. The third kappa shape index (κ3) is 3.24. The number of imide groups is 1. The van der Waals surface area contributed by atoms with E-state index in [1.165, 1.54) is 33.5 Å². The molecule has 0 aliphatic rings. The quantitative estimate of drug-likeness (QED) is 0.716. The van der Waals surface area contributed by atoms with Gasteiger partial charge in [-0.15, -0.1) is 0 Å². The van der Waals surface area contributed by atoms with Gasteiger partial charge in [0.1, 0.15) is 5.52 Å². The molecule has 3 amide bonds. The fourth-order valence-corrected chi connectivity index (χ4v) is 2.19. The van der Waals surface area contributed by atoms with Crippen molar-refractivity contribution in [1.82, 2.24) is 25.6 Å². The van der Waals surface area contributed by atoms with Gasteiger partial charge in [0.25, 0.3) is 5.91 Å². The van der Waals surface area contributed by atoms with Crippen LogP contribution in [-0.2, 0) is 0 Å². The van der Waals surface area contributed by atoms with Crippen molar-refractivity contribution < 1.29 is 23.5 Å². The van der Waals surface area contributed by atoms with Crippen molar-refractivity contribution in [3.63, 3.8) is 0 Å². The Morgan fingerprint density at radius 2 is 1.96 bits per heavy atom. The zero-order valence-corrected chi connectivity index (χ0v) is 14.2. The molecule has 0 saturated carbocycles. The van der Waals surface area contributed by atoms with Crippen molar-refractivity contribution in [1.29, 1.82) is 0 Å². The summed E-state index contributed by atoms with van der Waals surface area (Å²) >= 11 is 0. The molecule has 0 fully saturated rings. The van der Waals surface area contributed by atoms with Crippen LogP contribution in [0.4, 0.5) is 4.79 Å². The smallest absolute Gasteiger partial charge is 0.321 e. The molecule has 0 unspecified atom stereocenters. The van der Waals surface area contributed by atoms with E-state index in [-0.39, 0.29) is 11.8 Å². The molecule has 10 nitrogen and oxygen atoms in total. The molecular formula is C16H15N5O5. The highest BCUT2D eigenvalue weighted by Crippen LogP contribution is 2.29. The highest BCUT2D eigenvalue weighted by atomic mass is 16.5. The monoisotopic (exact) mass is 357 g/mol. The van der Waals surface area contributed by atoms with E-state index in [1.54, 1.807) is 12.1 Å². The number of ether oxygens (including phenoxy) is 2. The zero-order valence-electron chi connectivity index (χ0n) is 14.2. The molecule has 26 heavy (non-hydrogen) atoms. The number of hydrogen-bond donors (Lipinski definition) is 2. The van der Waals surface area contributed by atoms with Crippen LogP contribution in [-0.4, -0.2) is 48.2 Å². The van der Waals surface area contributed by atoms with Gasteiger partial charge >= 0.3 is 12.0 Å². The second-order valence-electron chi connectivity index (χ2n) is 5.00. The lowest BCUT2D eigenvalue weighted by atomic mass is 10.2. The van der Waals surface area contributed by atoms with E-state index in [0.29, 0.717) is 28.2 Å². The molecule has 0 aromatic carbocycles. The van der Waals surface area contributed by atoms with Crippen molar-refractivity contribution in [3.05, 3.63) is 30.2 Å². The Morgan fingerprint density at radius 1 is 1.15 bits per heavy atom. The average Bonchev–Trinajstić information content (AvgIpc) is 3.10. The number of pyridine rings is 1. The first-order valence-corrected chi connectivity index (χ1v) is 7.44. The summed E-state index contributed by atoms with van der Waals surface area (Å²) in [6, 6.07) is 4.30. The van der Waals surface area contributed by atoms with Crippen LogP contribution >= 0.6 is 0 Å². The first-order valence-electron chi connectivity index (χ1n) is 7.44. The zero-order chi connectivity index (χ0) is 18.7. The van der Waals surface area contributed by atoms with E-state index in [2.05, 4.69) is 25.6 Å². The minimum Gasteiger partial charge on any atom is -0.480 e. The Hall–Kier alpha value is -3.69. The summed E-state index contributed by atoms with van der Waals surface area (Å²) in [7, 11) is 4.33. The summed E-state index contributed by atoms with van der Waals surface area (Å²) in [5.74, 6) is -0.412. The highest BCUT2D eigenvalue weighted by molar-refractivity contribution is 6.04. The number of nitrogens with one attached hydrogen (secondary N) is 2. The summed E-state index contributed by atoms with van der Waals surface area (Å²) in [6.07, 6.45) is 1.53. The Labute approximate surface area is 147 Å². The van der Waals surface area contributed by atoms with Crippen molar-refractivity contribution >= 4 is 23.0 Å². The van der Waals surface area contributed by atoms with E-state index < -0.39 is 11.9 Å². The van der Waals surface area contributed by atoms with Gasteiger partial charge in [-0.05, 0) is 12.1 Å². The summed E-state index contributed by atoms with van der Waals surface area (Å²) in [4.78, 5) is 35.8. The van der Waals surface area contributed by atoms with E-state index in [9.17, 15) is 9.59 Å². The molecule has 2 N–H and O–H groups in total. The highest BCUT2D eigenvalue weighted by Gasteiger charge is 2.17. The molecule has 3 heterocycles. The van der Waals surface area contributed by atoms with Crippen LogP contribution in [0, 0.1) is 0 Å². The number of fused-ring (bicyclic) bond motifs is 1. The molecule has 134 valence electrons. The molecule has 3 aromatic rings. The van der Waals surface area contributed by atoms with Crippen molar-refractivity contribution in [2.24, 2.45) is 0 Å². The van der Waals surface area contributed by atoms with Crippen LogP contribution in [0.1, 0.15) is 10.6 Å². The molecule has 0 aliphatic heterocycles. The number of furan rings is 1. The third-order valence-corrected chi connectivity index (χ3v) is 3.44. The van der Waals surface area contributed by atoms with Crippen LogP contribution in [0.25, 0.3) is 22.4 Å². The molecular weight excluding hydrogens is 342 g/mol. The van der Waals surface area contributed by atoms with Gasteiger partial charge in [0.15, 0.2) is 11.3 Å². The van der Waals surface area contributed by atoms with E-state index in [0.717, 1.165) is 0 Å². The first kappa shape index (κ1) is 17.1. The van der Waals surface area contributed by atoms with Gasteiger partial charge in [0, 0.05) is 19.3 Å². The number of nitrogens with zero attached hydrogens (tertiary/aromatic N) is 3. The second-order valence-corrected chi connectivity index (χ2v) is 5.00. The number of carbonyl (C=O) groups excluding carboxylic acids is 2. The minimum absolute atomic E-state index is 0.0359. The Balaban J connectivity index is 1.97. The average molecular weight is 357 g/mol. The minimum atomic E-state index is -0.672. The van der Waals surface area contributed by atoms with Crippen molar-refractivity contribution in [2.75, 3.05) is 21.3 Å². The Bertz CT molecular complexity index is 984. The van der Waals surface area contributed by atoms with Crippen LogP contribution in [0.2, 0.25) is 0 Å². The topological polar surface area (TPSA) is 128 Å². The predicted molar refractivity (Wildman–Crippen MR) is 90.1 cm³/mol. The summed E-state index contributed by atoms with van der Waals surface area (Å²) in [5, 5.41) is 4.41. The van der Waals surface area contributed by atoms with Gasteiger partial charge in [0.2, 0.25) is 5.88 Å². The maximum Gasteiger partial charge on any atom is 0.321 e. The Kier molecular flexibility index (Phi) is 4.65. The SMILES string of the molecule is CNC(=O)NC(=O)c1cc2nc(-c3cnc(OC)nc3OC)ccc2o1. The maximum atomic E-state index is 12.0.